The summed E-state index contributed by atoms with van der Waals surface area (Å²) in [7, 11) is 1.42. The molecule has 15 heavy (non-hydrogen) atoms. The molecular formula is C12H19NO2. The van der Waals surface area contributed by atoms with Crippen molar-refractivity contribution in [3.05, 3.63) is 23.5 Å². The van der Waals surface area contributed by atoms with E-state index in [4.69, 9.17) is 4.74 Å². The van der Waals surface area contributed by atoms with E-state index in [9.17, 15) is 4.79 Å². The summed E-state index contributed by atoms with van der Waals surface area (Å²) in [5.74, 6) is -0.250. The SMILES string of the molecule is CCCCc1ccc(C(=O)OC)n1CC. The molecule has 0 saturated heterocycles. The van der Waals surface area contributed by atoms with Gasteiger partial charge in [-0.15, -0.1) is 0 Å². The molecule has 0 aromatic carbocycles. The number of carbonyl (C=O) groups is 1. The van der Waals surface area contributed by atoms with Crippen molar-refractivity contribution in [3.63, 3.8) is 0 Å². The molecule has 0 N–H and O–H groups in total. The molecule has 0 aliphatic rings. The molecule has 0 bridgehead atoms. The monoisotopic (exact) mass is 209 g/mol. The van der Waals surface area contributed by atoms with Gasteiger partial charge in [-0.05, 0) is 31.9 Å². The van der Waals surface area contributed by atoms with Gasteiger partial charge in [0.05, 0.1) is 7.11 Å². The fourth-order valence-electron chi connectivity index (χ4n) is 1.74. The van der Waals surface area contributed by atoms with Gasteiger partial charge in [0, 0.05) is 12.2 Å². The molecule has 1 aromatic rings. The molecule has 0 unspecified atom stereocenters. The first kappa shape index (κ1) is 11.8. The Bertz CT molecular complexity index is 328. The maximum atomic E-state index is 11.4. The first-order chi connectivity index (χ1) is 7.24. The number of hydrogen-bond acceptors (Lipinski definition) is 2. The third-order valence-electron chi connectivity index (χ3n) is 2.57. The average Bonchev–Trinajstić information content (AvgIpc) is 2.67. The topological polar surface area (TPSA) is 31.2 Å². The van der Waals surface area contributed by atoms with Crippen molar-refractivity contribution in [2.24, 2.45) is 0 Å². The van der Waals surface area contributed by atoms with Crippen molar-refractivity contribution >= 4 is 5.97 Å². The van der Waals surface area contributed by atoms with Crippen LogP contribution in [0.4, 0.5) is 0 Å². The number of carbonyl (C=O) groups excluding carboxylic acids is 1. The van der Waals surface area contributed by atoms with Gasteiger partial charge in [0.2, 0.25) is 0 Å². The smallest absolute Gasteiger partial charge is 0.354 e. The summed E-state index contributed by atoms with van der Waals surface area (Å²) in [6, 6.07) is 3.87. The van der Waals surface area contributed by atoms with Gasteiger partial charge in [-0.3, -0.25) is 0 Å². The highest BCUT2D eigenvalue weighted by Crippen LogP contribution is 2.13. The van der Waals surface area contributed by atoms with Gasteiger partial charge < -0.3 is 9.30 Å². The zero-order chi connectivity index (χ0) is 11.3. The Kier molecular flexibility index (Phi) is 4.40. The lowest BCUT2D eigenvalue weighted by molar-refractivity contribution is 0.0588. The van der Waals surface area contributed by atoms with Crippen LogP contribution < -0.4 is 0 Å². The molecule has 0 atom stereocenters. The van der Waals surface area contributed by atoms with Crippen LogP contribution in [0.1, 0.15) is 42.9 Å². The van der Waals surface area contributed by atoms with E-state index >= 15 is 0 Å². The second kappa shape index (κ2) is 5.59. The normalized spacial score (nSPS) is 10.3. The van der Waals surface area contributed by atoms with Gasteiger partial charge in [-0.25, -0.2) is 4.79 Å². The summed E-state index contributed by atoms with van der Waals surface area (Å²) in [4.78, 5) is 11.4. The van der Waals surface area contributed by atoms with Gasteiger partial charge in [0.15, 0.2) is 0 Å². The molecule has 3 heteroatoms. The fraction of sp³-hybridized carbons (Fsp3) is 0.583. The Labute approximate surface area is 91.0 Å². The quantitative estimate of drug-likeness (QED) is 0.698. The van der Waals surface area contributed by atoms with Crippen molar-refractivity contribution in [1.29, 1.82) is 0 Å². The van der Waals surface area contributed by atoms with E-state index < -0.39 is 0 Å². The Hall–Kier alpha value is -1.25. The summed E-state index contributed by atoms with van der Waals surface area (Å²) in [5, 5.41) is 0. The van der Waals surface area contributed by atoms with Crippen LogP contribution in [0.25, 0.3) is 0 Å². The Morgan fingerprint density at radius 2 is 2.13 bits per heavy atom. The second-order valence-corrected chi connectivity index (χ2v) is 3.55. The average molecular weight is 209 g/mol. The number of aromatic nitrogens is 1. The molecule has 0 aliphatic carbocycles. The minimum atomic E-state index is -0.250. The van der Waals surface area contributed by atoms with Crippen molar-refractivity contribution in [2.45, 2.75) is 39.7 Å². The Morgan fingerprint density at radius 3 is 2.67 bits per heavy atom. The zero-order valence-electron chi connectivity index (χ0n) is 9.75. The Balaban J connectivity index is 2.90. The number of unbranched alkanes of at least 4 members (excludes halogenated alkanes) is 1. The van der Waals surface area contributed by atoms with Crippen LogP contribution in [0.5, 0.6) is 0 Å². The van der Waals surface area contributed by atoms with E-state index in [1.54, 1.807) is 0 Å². The molecule has 0 fully saturated rings. The van der Waals surface area contributed by atoms with E-state index in [0.29, 0.717) is 5.69 Å². The van der Waals surface area contributed by atoms with Gasteiger partial charge in [-0.1, -0.05) is 13.3 Å². The summed E-state index contributed by atoms with van der Waals surface area (Å²) in [5.41, 5.74) is 1.88. The summed E-state index contributed by atoms with van der Waals surface area (Å²) in [6.45, 7) is 5.03. The van der Waals surface area contributed by atoms with Crippen LogP contribution in [0.3, 0.4) is 0 Å². The molecule has 1 aromatic heterocycles. The predicted octanol–water partition coefficient (Wildman–Crippen LogP) is 2.64. The van der Waals surface area contributed by atoms with Gasteiger partial charge in [-0.2, -0.15) is 0 Å². The van der Waals surface area contributed by atoms with E-state index in [2.05, 4.69) is 6.92 Å². The highest BCUT2D eigenvalue weighted by molar-refractivity contribution is 5.87. The highest BCUT2D eigenvalue weighted by Gasteiger charge is 2.13. The fourth-order valence-corrected chi connectivity index (χ4v) is 1.74. The van der Waals surface area contributed by atoms with Crippen LogP contribution in [0.2, 0.25) is 0 Å². The Morgan fingerprint density at radius 1 is 1.40 bits per heavy atom. The van der Waals surface area contributed by atoms with Crippen molar-refractivity contribution in [2.75, 3.05) is 7.11 Å². The van der Waals surface area contributed by atoms with E-state index in [0.717, 1.165) is 19.4 Å². The third-order valence-corrected chi connectivity index (χ3v) is 2.57. The minimum Gasteiger partial charge on any atom is -0.464 e. The van der Waals surface area contributed by atoms with Crippen LogP contribution in [-0.4, -0.2) is 17.6 Å². The minimum absolute atomic E-state index is 0.250. The molecule has 1 heterocycles. The van der Waals surface area contributed by atoms with Gasteiger partial charge >= 0.3 is 5.97 Å². The van der Waals surface area contributed by atoms with Crippen molar-refractivity contribution in [3.8, 4) is 0 Å². The summed E-state index contributed by atoms with van der Waals surface area (Å²) in [6.07, 6.45) is 3.36. The number of esters is 1. The number of hydrogen-bond donors (Lipinski definition) is 0. The van der Waals surface area contributed by atoms with Crippen LogP contribution in [0.15, 0.2) is 12.1 Å². The second-order valence-electron chi connectivity index (χ2n) is 3.55. The molecule has 0 saturated carbocycles. The van der Waals surface area contributed by atoms with Gasteiger partial charge in [0.25, 0.3) is 0 Å². The molecule has 3 nitrogen and oxygen atoms in total. The van der Waals surface area contributed by atoms with Crippen molar-refractivity contribution < 1.29 is 9.53 Å². The molecule has 84 valence electrons. The maximum absolute atomic E-state index is 11.4. The van der Waals surface area contributed by atoms with E-state index in [1.807, 2.05) is 23.6 Å². The first-order valence-electron chi connectivity index (χ1n) is 5.51. The van der Waals surface area contributed by atoms with Crippen LogP contribution >= 0.6 is 0 Å². The number of nitrogens with zero attached hydrogens (tertiary/aromatic N) is 1. The van der Waals surface area contributed by atoms with Crippen LogP contribution in [-0.2, 0) is 17.7 Å². The number of aryl methyl sites for hydroxylation is 1. The molecule has 0 spiro atoms. The zero-order valence-corrected chi connectivity index (χ0v) is 9.75. The molecule has 0 amide bonds. The van der Waals surface area contributed by atoms with Gasteiger partial charge in [0.1, 0.15) is 5.69 Å². The summed E-state index contributed by atoms with van der Waals surface area (Å²) >= 11 is 0. The standard InChI is InChI=1S/C12H19NO2/c1-4-6-7-10-8-9-11(12(14)15-3)13(10)5-2/h8-9H,4-7H2,1-3H3. The number of methoxy groups -OCH3 is 1. The van der Waals surface area contributed by atoms with Crippen molar-refractivity contribution in [1.82, 2.24) is 4.57 Å². The first-order valence-corrected chi connectivity index (χ1v) is 5.51. The largest absolute Gasteiger partial charge is 0.464 e. The lowest BCUT2D eigenvalue weighted by Gasteiger charge is -2.09. The lowest BCUT2D eigenvalue weighted by atomic mass is 10.2. The lowest BCUT2D eigenvalue weighted by Crippen LogP contribution is -2.11. The summed E-state index contributed by atoms with van der Waals surface area (Å²) < 4.78 is 6.77. The highest BCUT2D eigenvalue weighted by atomic mass is 16.5. The third kappa shape index (κ3) is 2.61. The molecular weight excluding hydrogens is 190 g/mol. The molecule has 0 aliphatic heterocycles. The molecule has 1 rings (SSSR count). The molecule has 0 radical (unpaired) electrons. The number of ether oxygens (including phenoxy) is 1. The van der Waals surface area contributed by atoms with Crippen LogP contribution in [0, 0.1) is 0 Å². The number of rotatable bonds is 5. The maximum Gasteiger partial charge on any atom is 0.354 e. The van der Waals surface area contributed by atoms with E-state index in [1.165, 1.54) is 19.2 Å². The predicted molar refractivity (Wildman–Crippen MR) is 60.1 cm³/mol. The van der Waals surface area contributed by atoms with E-state index in [-0.39, 0.29) is 5.97 Å².